The van der Waals surface area contributed by atoms with Crippen LogP contribution in [-0.2, 0) is 14.8 Å². The molecule has 0 aromatic heterocycles. The molecule has 0 saturated heterocycles. The molecule has 0 heterocycles. The monoisotopic (exact) mass is 348 g/mol. The van der Waals surface area contributed by atoms with Crippen molar-refractivity contribution in [2.24, 2.45) is 11.1 Å². The number of hydrogen-bond acceptors (Lipinski definition) is 4. The maximum Gasteiger partial charge on any atom is 0.238 e. The second kappa shape index (κ2) is 7.46. The summed E-state index contributed by atoms with van der Waals surface area (Å²) in [5.74, 6) is 1.32. The lowest BCUT2D eigenvalue weighted by Crippen LogP contribution is -2.13. The Morgan fingerprint density at radius 3 is 2.00 bits per heavy atom. The smallest absolute Gasteiger partial charge is 0.238 e. The van der Waals surface area contributed by atoms with Crippen LogP contribution in [0.3, 0.4) is 0 Å². The molecule has 7 heteroatoms. The van der Waals surface area contributed by atoms with Gasteiger partial charge in [0.05, 0.1) is 4.90 Å². The van der Waals surface area contributed by atoms with Crippen molar-refractivity contribution >= 4 is 21.6 Å². The van der Waals surface area contributed by atoms with E-state index in [2.05, 4.69) is 5.32 Å². The van der Waals surface area contributed by atoms with Gasteiger partial charge in [-0.1, -0.05) is 13.8 Å². The van der Waals surface area contributed by atoms with Crippen LogP contribution in [-0.4, -0.2) is 14.3 Å². The summed E-state index contributed by atoms with van der Waals surface area (Å²) in [5.41, 5.74) is 0.692. The zero-order chi connectivity index (χ0) is 17.7. The number of hydrogen-bond donors (Lipinski definition) is 2. The maximum absolute atomic E-state index is 11.7. The molecular formula is C17H20N2O4S. The molecule has 0 fully saturated rings. The Morgan fingerprint density at radius 1 is 1.04 bits per heavy atom. The summed E-state index contributed by atoms with van der Waals surface area (Å²) in [4.78, 5) is 11.7. The Morgan fingerprint density at radius 2 is 1.54 bits per heavy atom. The van der Waals surface area contributed by atoms with Gasteiger partial charge in [0.2, 0.25) is 15.9 Å². The quantitative estimate of drug-likeness (QED) is 0.838. The van der Waals surface area contributed by atoms with Gasteiger partial charge in [0.15, 0.2) is 0 Å². The molecule has 24 heavy (non-hydrogen) atoms. The van der Waals surface area contributed by atoms with E-state index >= 15 is 0 Å². The summed E-state index contributed by atoms with van der Waals surface area (Å²) >= 11 is 0. The molecule has 2 aromatic carbocycles. The molecule has 0 aliphatic heterocycles. The van der Waals surface area contributed by atoms with Crippen molar-refractivity contribution in [3.63, 3.8) is 0 Å². The summed E-state index contributed by atoms with van der Waals surface area (Å²) in [5, 5.41) is 7.86. The molecule has 0 unspecified atom stereocenters. The van der Waals surface area contributed by atoms with Gasteiger partial charge in [-0.15, -0.1) is 0 Å². The van der Waals surface area contributed by atoms with E-state index in [4.69, 9.17) is 9.88 Å². The molecule has 0 bridgehead atoms. The predicted octanol–water partition coefficient (Wildman–Crippen LogP) is 3.11. The van der Waals surface area contributed by atoms with Gasteiger partial charge in [0.1, 0.15) is 11.5 Å². The van der Waals surface area contributed by atoms with E-state index < -0.39 is 10.0 Å². The number of rotatable bonds is 6. The SMILES string of the molecule is CC(C)CC(=O)Nc1ccc(Oc2ccc(S(N)(=O)=O)cc2)cc1. The van der Waals surface area contributed by atoms with Crippen molar-refractivity contribution in [3.8, 4) is 11.5 Å². The van der Waals surface area contributed by atoms with Gasteiger partial charge >= 0.3 is 0 Å². The molecule has 0 spiro atoms. The number of amides is 1. The van der Waals surface area contributed by atoms with Crippen LogP contribution in [0.5, 0.6) is 11.5 Å². The summed E-state index contributed by atoms with van der Waals surface area (Å²) < 4.78 is 28.0. The van der Waals surface area contributed by atoms with Crippen LogP contribution in [0.2, 0.25) is 0 Å². The molecule has 0 radical (unpaired) electrons. The van der Waals surface area contributed by atoms with Crippen molar-refractivity contribution in [3.05, 3.63) is 48.5 Å². The molecule has 1 amide bonds. The van der Waals surface area contributed by atoms with Crippen LogP contribution in [0, 0.1) is 5.92 Å². The van der Waals surface area contributed by atoms with E-state index in [-0.39, 0.29) is 10.8 Å². The number of benzene rings is 2. The predicted molar refractivity (Wildman–Crippen MR) is 92.4 cm³/mol. The number of nitrogens with two attached hydrogens (primary N) is 1. The van der Waals surface area contributed by atoms with Crippen molar-refractivity contribution in [1.29, 1.82) is 0 Å². The van der Waals surface area contributed by atoms with Crippen LogP contribution in [0.25, 0.3) is 0 Å². The Labute approximate surface area is 141 Å². The largest absolute Gasteiger partial charge is 0.457 e. The zero-order valence-electron chi connectivity index (χ0n) is 13.5. The summed E-state index contributed by atoms with van der Waals surface area (Å²) in [6.07, 6.45) is 0.467. The van der Waals surface area contributed by atoms with E-state index in [9.17, 15) is 13.2 Å². The standard InChI is InChI=1S/C17H20N2O4S/c1-12(2)11-17(20)19-13-3-5-14(6-4-13)23-15-7-9-16(10-8-15)24(18,21)22/h3-10,12H,11H2,1-2H3,(H,19,20)(H2,18,21,22). The Balaban J connectivity index is 2.00. The van der Waals surface area contributed by atoms with Gasteiger partial charge in [0, 0.05) is 12.1 Å². The van der Waals surface area contributed by atoms with Crippen LogP contribution < -0.4 is 15.2 Å². The first-order valence-corrected chi connectivity index (χ1v) is 8.99. The highest BCUT2D eigenvalue weighted by molar-refractivity contribution is 7.89. The van der Waals surface area contributed by atoms with Gasteiger partial charge in [0.25, 0.3) is 0 Å². The fourth-order valence-electron chi connectivity index (χ4n) is 2.02. The van der Waals surface area contributed by atoms with Gasteiger partial charge < -0.3 is 10.1 Å². The lowest BCUT2D eigenvalue weighted by atomic mass is 10.1. The molecule has 3 N–H and O–H groups in total. The molecule has 0 aliphatic carbocycles. The third kappa shape index (κ3) is 5.36. The number of sulfonamides is 1. The van der Waals surface area contributed by atoms with Crippen LogP contribution in [0.15, 0.2) is 53.4 Å². The Kier molecular flexibility index (Phi) is 5.58. The fourth-order valence-corrected chi connectivity index (χ4v) is 2.54. The molecule has 2 rings (SSSR count). The molecule has 6 nitrogen and oxygen atoms in total. The summed E-state index contributed by atoms with van der Waals surface area (Å²) in [7, 11) is -3.71. The Hall–Kier alpha value is -2.38. The van der Waals surface area contributed by atoms with E-state index in [1.54, 1.807) is 24.3 Å². The van der Waals surface area contributed by atoms with E-state index in [1.165, 1.54) is 24.3 Å². The van der Waals surface area contributed by atoms with Crippen molar-refractivity contribution in [2.45, 2.75) is 25.2 Å². The second-order valence-corrected chi connectivity index (χ2v) is 7.35. The molecule has 128 valence electrons. The minimum atomic E-state index is -3.71. The minimum absolute atomic E-state index is 0.0260. The fraction of sp³-hybridized carbons (Fsp3) is 0.235. The lowest BCUT2D eigenvalue weighted by Gasteiger charge is -2.09. The van der Waals surface area contributed by atoms with Crippen LogP contribution in [0.1, 0.15) is 20.3 Å². The average Bonchev–Trinajstić information content (AvgIpc) is 2.48. The maximum atomic E-state index is 11.7. The second-order valence-electron chi connectivity index (χ2n) is 5.79. The normalized spacial score (nSPS) is 11.3. The van der Waals surface area contributed by atoms with Gasteiger partial charge in [-0.05, 0) is 54.4 Å². The van der Waals surface area contributed by atoms with Crippen LogP contribution >= 0.6 is 0 Å². The molecule has 0 saturated carbocycles. The lowest BCUT2D eigenvalue weighted by molar-refractivity contribution is -0.116. The summed E-state index contributed by atoms with van der Waals surface area (Å²) in [6.45, 7) is 3.97. The highest BCUT2D eigenvalue weighted by atomic mass is 32.2. The number of primary sulfonamides is 1. The number of nitrogens with one attached hydrogen (secondary N) is 1. The van der Waals surface area contributed by atoms with E-state index in [1.807, 2.05) is 13.8 Å². The number of anilines is 1. The van der Waals surface area contributed by atoms with Crippen LogP contribution in [0.4, 0.5) is 5.69 Å². The highest BCUT2D eigenvalue weighted by Crippen LogP contribution is 2.24. The van der Waals surface area contributed by atoms with E-state index in [0.29, 0.717) is 29.5 Å². The number of carbonyl (C=O) groups is 1. The number of ether oxygens (including phenoxy) is 1. The molecule has 0 atom stereocenters. The van der Waals surface area contributed by atoms with Crippen molar-refractivity contribution < 1.29 is 17.9 Å². The first-order chi connectivity index (χ1) is 11.2. The van der Waals surface area contributed by atoms with Crippen molar-refractivity contribution in [1.82, 2.24) is 0 Å². The highest BCUT2D eigenvalue weighted by Gasteiger charge is 2.08. The van der Waals surface area contributed by atoms with E-state index in [0.717, 1.165) is 0 Å². The third-order valence-corrected chi connectivity index (χ3v) is 4.05. The Bertz CT molecular complexity index is 797. The van der Waals surface area contributed by atoms with Crippen molar-refractivity contribution in [2.75, 3.05) is 5.32 Å². The first-order valence-electron chi connectivity index (χ1n) is 7.44. The molecular weight excluding hydrogens is 328 g/mol. The summed E-state index contributed by atoms with van der Waals surface area (Å²) in [6, 6.07) is 12.7. The van der Waals surface area contributed by atoms with Gasteiger partial charge in [-0.25, -0.2) is 13.6 Å². The third-order valence-electron chi connectivity index (χ3n) is 3.12. The van der Waals surface area contributed by atoms with Gasteiger partial charge in [-0.2, -0.15) is 0 Å². The van der Waals surface area contributed by atoms with Gasteiger partial charge in [-0.3, -0.25) is 4.79 Å². The number of carbonyl (C=O) groups excluding carboxylic acids is 1. The first kappa shape index (κ1) is 18.0. The topological polar surface area (TPSA) is 98.5 Å². The average molecular weight is 348 g/mol. The molecule has 2 aromatic rings. The molecule has 0 aliphatic rings. The zero-order valence-corrected chi connectivity index (χ0v) is 14.3. The minimum Gasteiger partial charge on any atom is -0.457 e.